The van der Waals surface area contributed by atoms with Crippen LogP contribution < -0.4 is 0 Å². The first-order chi connectivity index (χ1) is 6.77. The van der Waals surface area contributed by atoms with E-state index < -0.39 is 0 Å². The third-order valence-corrected chi connectivity index (χ3v) is 2.38. The number of hydrogen-bond acceptors (Lipinski definition) is 1. The summed E-state index contributed by atoms with van der Waals surface area (Å²) in [4.78, 5) is 2.23. The van der Waals surface area contributed by atoms with Gasteiger partial charge >= 0.3 is 0 Å². The van der Waals surface area contributed by atoms with Gasteiger partial charge in [0, 0.05) is 6.54 Å². The van der Waals surface area contributed by atoms with Crippen molar-refractivity contribution in [3.63, 3.8) is 0 Å². The number of hydrogen-bond donors (Lipinski definition) is 0. The molecule has 0 aliphatic carbocycles. The van der Waals surface area contributed by atoms with Crippen molar-refractivity contribution in [3.8, 4) is 0 Å². The van der Waals surface area contributed by atoms with E-state index in [1.165, 1.54) is 51.5 Å². The van der Waals surface area contributed by atoms with Crippen LogP contribution in [0.25, 0.3) is 0 Å². The van der Waals surface area contributed by atoms with Crippen LogP contribution in [0.5, 0.6) is 0 Å². The van der Waals surface area contributed by atoms with Gasteiger partial charge in [-0.2, -0.15) is 0 Å². The lowest BCUT2D eigenvalue weighted by molar-refractivity contribution is 0.417. The molecule has 0 bridgehead atoms. The molecule has 0 spiro atoms. The molecule has 0 aromatic rings. The van der Waals surface area contributed by atoms with E-state index >= 15 is 0 Å². The highest BCUT2D eigenvalue weighted by molar-refractivity contribution is 5.85. The van der Waals surface area contributed by atoms with E-state index in [9.17, 15) is 0 Å². The van der Waals surface area contributed by atoms with Gasteiger partial charge in [-0.25, -0.2) is 0 Å². The van der Waals surface area contributed by atoms with Gasteiger partial charge in [0.1, 0.15) is 0 Å². The lowest BCUT2D eigenvalue weighted by atomic mass is 10.1. The third-order valence-electron chi connectivity index (χ3n) is 2.38. The lowest BCUT2D eigenvalue weighted by Gasteiger charge is -2.05. The summed E-state index contributed by atoms with van der Waals surface area (Å²) in [5, 5.41) is 0. The Balaban J connectivity index is 0. The Hall–Kier alpha value is -0.0100. The van der Waals surface area contributed by atoms with E-state index in [1.807, 2.05) is 0 Å². The fourth-order valence-electron chi connectivity index (χ4n) is 1.43. The molecule has 0 amide bonds. The Kier molecular flexibility index (Phi) is 16.2. The fourth-order valence-corrected chi connectivity index (χ4v) is 1.43. The molecule has 0 fully saturated rings. The number of rotatable bonds is 9. The first kappa shape index (κ1) is 17.4. The zero-order chi connectivity index (χ0) is 10.6. The van der Waals surface area contributed by atoms with Gasteiger partial charge in [-0.05, 0) is 33.4 Å². The number of allylic oxidation sites excluding steroid dienone is 1. The highest BCUT2D eigenvalue weighted by Crippen LogP contribution is 2.05. The quantitative estimate of drug-likeness (QED) is 0.425. The molecule has 0 heterocycles. The standard InChI is InChI=1S/C13H27N.ClH/c1-4-5-6-7-8-9-10-11-12-13-14(2)3;/h10-11H,4-9,12-13H2,1-3H3;1H. The topological polar surface area (TPSA) is 3.24 Å². The van der Waals surface area contributed by atoms with E-state index in [4.69, 9.17) is 0 Å². The van der Waals surface area contributed by atoms with Gasteiger partial charge in [-0.3, -0.25) is 0 Å². The molecule has 0 radical (unpaired) electrons. The largest absolute Gasteiger partial charge is 0.309 e. The van der Waals surface area contributed by atoms with Gasteiger partial charge in [-0.1, -0.05) is 44.8 Å². The van der Waals surface area contributed by atoms with Gasteiger partial charge in [0.25, 0.3) is 0 Å². The fraction of sp³-hybridized carbons (Fsp3) is 0.846. The zero-order valence-electron chi connectivity index (χ0n) is 10.7. The SMILES string of the molecule is CCCCCCCC=CCCN(C)C.Cl. The maximum absolute atomic E-state index is 2.34. The first-order valence-corrected chi connectivity index (χ1v) is 6.07. The minimum absolute atomic E-state index is 0. The highest BCUT2D eigenvalue weighted by Gasteiger charge is 1.87. The van der Waals surface area contributed by atoms with E-state index in [2.05, 4.69) is 38.1 Å². The molecule has 2 heteroatoms. The summed E-state index contributed by atoms with van der Waals surface area (Å²) in [6.07, 6.45) is 14.1. The second kappa shape index (κ2) is 14.0. The molecule has 0 aliphatic rings. The van der Waals surface area contributed by atoms with E-state index in [0.717, 1.165) is 0 Å². The Morgan fingerprint density at radius 2 is 1.47 bits per heavy atom. The molecule has 92 valence electrons. The molecule has 15 heavy (non-hydrogen) atoms. The maximum atomic E-state index is 2.34. The van der Waals surface area contributed by atoms with Crippen LogP contribution in [-0.4, -0.2) is 25.5 Å². The van der Waals surface area contributed by atoms with Gasteiger partial charge < -0.3 is 4.90 Å². The summed E-state index contributed by atoms with van der Waals surface area (Å²) in [6.45, 7) is 3.44. The van der Waals surface area contributed by atoms with Crippen molar-refractivity contribution in [2.45, 2.75) is 51.9 Å². The molecule has 1 nitrogen and oxygen atoms in total. The predicted molar refractivity (Wildman–Crippen MR) is 72.9 cm³/mol. The van der Waals surface area contributed by atoms with Gasteiger partial charge in [0.2, 0.25) is 0 Å². The summed E-state index contributed by atoms with van der Waals surface area (Å²) < 4.78 is 0. The first-order valence-electron chi connectivity index (χ1n) is 6.07. The molecular formula is C13H28ClN. The van der Waals surface area contributed by atoms with E-state index in [0.29, 0.717) is 0 Å². The monoisotopic (exact) mass is 233 g/mol. The van der Waals surface area contributed by atoms with Crippen molar-refractivity contribution in [3.05, 3.63) is 12.2 Å². The van der Waals surface area contributed by atoms with Crippen LogP contribution in [0.15, 0.2) is 12.2 Å². The normalized spacial score (nSPS) is 10.9. The Morgan fingerprint density at radius 3 is 2.07 bits per heavy atom. The molecular weight excluding hydrogens is 206 g/mol. The van der Waals surface area contributed by atoms with E-state index in [-0.39, 0.29) is 12.4 Å². The smallest absolute Gasteiger partial charge is 0.000980 e. The average molecular weight is 234 g/mol. The third kappa shape index (κ3) is 16.7. The molecule has 0 aliphatic heterocycles. The molecule has 0 saturated carbocycles. The highest BCUT2D eigenvalue weighted by atomic mass is 35.5. The molecule has 0 N–H and O–H groups in total. The van der Waals surface area contributed by atoms with Crippen LogP contribution in [0, 0.1) is 0 Å². The summed E-state index contributed by atoms with van der Waals surface area (Å²) in [7, 11) is 4.25. The molecule has 0 rings (SSSR count). The minimum atomic E-state index is 0. The molecule has 0 aromatic carbocycles. The van der Waals surface area contributed by atoms with Crippen LogP contribution in [0.1, 0.15) is 51.9 Å². The molecule has 0 aromatic heterocycles. The van der Waals surface area contributed by atoms with Crippen LogP contribution in [0.2, 0.25) is 0 Å². The van der Waals surface area contributed by atoms with Gasteiger partial charge in [0.15, 0.2) is 0 Å². The van der Waals surface area contributed by atoms with Crippen molar-refractivity contribution in [1.82, 2.24) is 4.90 Å². The Morgan fingerprint density at radius 1 is 0.867 bits per heavy atom. The van der Waals surface area contributed by atoms with Crippen LogP contribution >= 0.6 is 12.4 Å². The molecule has 0 unspecified atom stereocenters. The van der Waals surface area contributed by atoms with Crippen LogP contribution in [0.4, 0.5) is 0 Å². The van der Waals surface area contributed by atoms with Crippen molar-refractivity contribution >= 4 is 12.4 Å². The average Bonchev–Trinajstić information content (AvgIpc) is 2.15. The summed E-state index contributed by atoms with van der Waals surface area (Å²) >= 11 is 0. The Labute approximate surface area is 102 Å². The summed E-state index contributed by atoms with van der Waals surface area (Å²) in [5.41, 5.74) is 0. The van der Waals surface area contributed by atoms with Crippen LogP contribution in [0.3, 0.4) is 0 Å². The minimum Gasteiger partial charge on any atom is -0.309 e. The summed E-state index contributed by atoms with van der Waals surface area (Å²) in [5.74, 6) is 0. The second-order valence-electron chi connectivity index (χ2n) is 4.27. The molecule has 0 saturated heterocycles. The van der Waals surface area contributed by atoms with Crippen molar-refractivity contribution in [1.29, 1.82) is 0 Å². The number of halogens is 1. The zero-order valence-corrected chi connectivity index (χ0v) is 11.5. The summed E-state index contributed by atoms with van der Waals surface area (Å²) in [6, 6.07) is 0. The lowest BCUT2D eigenvalue weighted by Crippen LogP contribution is -2.11. The Bertz CT molecular complexity index is 132. The van der Waals surface area contributed by atoms with Gasteiger partial charge in [-0.15, -0.1) is 12.4 Å². The molecule has 0 atom stereocenters. The number of unbranched alkanes of at least 4 members (excludes halogenated alkanes) is 5. The number of nitrogens with zero attached hydrogens (tertiary/aromatic N) is 1. The van der Waals surface area contributed by atoms with Crippen molar-refractivity contribution in [2.75, 3.05) is 20.6 Å². The van der Waals surface area contributed by atoms with Crippen molar-refractivity contribution in [2.24, 2.45) is 0 Å². The van der Waals surface area contributed by atoms with Crippen LogP contribution in [-0.2, 0) is 0 Å². The predicted octanol–water partition coefficient (Wildman–Crippen LogP) is 4.28. The van der Waals surface area contributed by atoms with E-state index in [1.54, 1.807) is 0 Å². The maximum Gasteiger partial charge on any atom is 0.000980 e. The van der Waals surface area contributed by atoms with Gasteiger partial charge in [0.05, 0.1) is 0 Å². The van der Waals surface area contributed by atoms with Crippen molar-refractivity contribution < 1.29 is 0 Å². The second-order valence-corrected chi connectivity index (χ2v) is 4.27.